The SMILES string of the molecule is Cc1cccc(COc2ccccc2CCO)c1. The van der Waals surface area contributed by atoms with Crippen molar-refractivity contribution in [2.24, 2.45) is 0 Å². The van der Waals surface area contributed by atoms with Crippen molar-refractivity contribution in [3.05, 3.63) is 65.2 Å². The first-order chi connectivity index (χ1) is 8.79. The molecule has 1 N–H and O–H groups in total. The number of para-hydroxylation sites is 1. The smallest absolute Gasteiger partial charge is 0.123 e. The van der Waals surface area contributed by atoms with Crippen LogP contribution in [0.5, 0.6) is 5.75 Å². The fraction of sp³-hybridized carbons (Fsp3) is 0.250. The third kappa shape index (κ3) is 3.34. The van der Waals surface area contributed by atoms with E-state index >= 15 is 0 Å². The van der Waals surface area contributed by atoms with Gasteiger partial charge in [-0.05, 0) is 30.5 Å². The molecule has 0 bridgehead atoms. The van der Waals surface area contributed by atoms with E-state index in [4.69, 9.17) is 9.84 Å². The highest BCUT2D eigenvalue weighted by Gasteiger charge is 2.02. The van der Waals surface area contributed by atoms with Gasteiger partial charge < -0.3 is 9.84 Å². The van der Waals surface area contributed by atoms with Gasteiger partial charge in [-0.1, -0.05) is 48.0 Å². The maximum Gasteiger partial charge on any atom is 0.123 e. The quantitative estimate of drug-likeness (QED) is 0.873. The molecule has 0 aliphatic rings. The summed E-state index contributed by atoms with van der Waals surface area (Å²) >= 11 is 0. The van der Waals surface area contributed by atoms with Crippen molar-refractivity contribution in [2.75, 3.05) is 6.61 Å². The number of rotatable bonds is 5. The molecule has 0 saturated heterocycles. The Bertz CT molecular complexity index is 506. The molecule has 0 aliphatic heterocycles. The van der Waals surface area contributed by atoms with Gasteiger partial charge in [-0.15, -0.1) is 0 Å². The van der Waals surface area contributed by atoms with E-state index in [-0.39, 0.29) is 6.61 Å². The number of aliphatic hydroxyl groups excluding tert-OH is 1. The lowest BCUT2D eigenvalue weighted by molar-refractivity contribution is 0.284. The van der Waals surface area contributed by atoms with Crippen molar-refractivity contribution < 1.29 is 9.84 Å². The molecule has 2 nitrogen and oxygen atoms in total. The average Bonchev–Trinajstić information content (AvgIpc) is 2.38. The molecule has 0 fully saturated rings. The third-order valence-electron chi connectivity index (χ3n) is 2.83. The van der Waals surface area contributed by atoms with Crippen LogP contribution in [0.15, 0.2) is 48.5 Å². The number of ether oxygens (including phenoxy) is 1. The lowest BCUT2D eigenvalue weighted by Crippen LogP contribution is -2.00. The van der Waals surface area contributed by atoms with Crippen LogP contribution in [0.4, 0.5) is 0 Å². The largest absolute Gasteiger partial charge is 0.489 e. The van der Waals surface area contributed by atoms with Gasteiger partial charge in [0, 0.05) is 6.61 Å². The summed E-state index contributed by atoms with van der Waals surface area (Å²) in [6, 6.07) is 16.1. The molecule has 2 rings (SSSR count). The van der Waals surface area contributed by atoms with Gasteiger partial charge in [0.05, 0.1) is 0 Å². The fourth-order valence-corrected chi connectivity index (χ4v) is 1.93. The Balaban J connectivity index is 2.06. The second kappa shape index (κ2) is 6.22. The normalized spacial score (nSPS) is 10.3. The van der Waals surface area contributed by atoms with Crippen molar-refractivity contribution in [2.45, 2.75) is 20.0 Å². The molecule has 2 heteroatoms. The van der Waals surface area contributed by atoms with E-state index in [2.05, 4.69) is 25.1 Å². The minimum atomic E-state index is 0.144. The summed E-state index contributed by atoms with van der Waals surface area (Å²) in [5.41, 5.74) is 3.45. The first-order valence-electron chi connectivity index (χ1n) is 6.16. The molecule has 2 aromatic rings. The standard InChI is InChI=1S/C16H18O2/c1-13-5-4-6-14(11-13)12-18-16-8-3-2-7-15(16)9-10-17/h2-8,11,17H,9-10,12H2,1H3. The lowest BCUT2D eigenvalue weighted by atomic mass is 10.1. The highest BCUT2D eigenvalue weighted by Crippen LogP contribution is 2.19. The van der Waals surface area contributed by atoms with Crippen LogP contribution in [0.2, 0.25) is 0 Å². The fourth-order valence-electron chi connectivity index (χ4n) is 1.93. The highest BCUT2D eigenvalue weighted by molar-refractivity contribution is 5.34. The van der Waals surface area contributed by atoms with Crippen LogP contribution in [0.1, 0.15) is 16.7 Å². The van der Waals surface area contributed by atoms with Crippen LogP contribution >= 0.6 is 0 Å². The van der Waals surface area contributed by atoms with Gasteiger partial charge in [0.25, 0.3) is 0 Å². The summed E-state index contributed by atoms with van der Waals surface area (Å²) in [5, 5.41) is 9.01. The Hall–Kier alpha value is -1.80. The van der Waals surface area contributed by atoms with Gasteiger partial charge in [0.2, 0.25) is 0 Å². The van der Waals surface area contributed by atoms with E-state index in [9.17, 15) is 0 Å². The first-order valence-corrected chi connectivity index (χ1v) is 6.16. The first kappa shape index (κ1) is 12.7. The van der Waals surface area contributed by atoms with E-state index in [1.807, 2.05) is 30.3 Å². The van der Waals surface area contributed by atoms with Crippen LogP contribution in [-0.2, 0) is 13.0 Å². The number of hydrogen-bond acceptors (Lipinski definition) is 2. The van der Waals surface area contributed by atoms with Gasteiger partial charge in [0.15, 0.2) is 0 Å². The van der Waals surface area contributed by atoms with Crippen molar-refractivity contribution >= 4 is 0 Å². The lowest BCUT2D eigenvalue weighted by Gasteiger charge is -2.11. The monoisotopic (exact) mass is 242 g/mol. The predicted octanol–water partition coefficient (Wildman–Crippen LogP) is 3.11. The minimum absolute atomic E-state index is 0.144. The zero-order valence-electron chi connectivity index (χ0n) is 10.6. The number of aliphatic hydroxyl groups is 1. The Morgan fingerprint density at radius 2 is 1.89 bits per heavy atom. The third-order valence-corrected chi connectivity index (χ3v) is 2.83. The van der Waals surface area contributed by atoms with Gasteiger partial charge in [-0.25, -0.2) is 0 Å². The van der Waals surface area contributed by atoms with Crippen LogP contribution in [0, 0.1) is 6.92 Å². The topological polar surface area (TPSA) is 29.5 Å². The summed E-state index contributed by atoms with van der Waals surface area (Å²) in [5.74, 6) is 0.855. The van der Waals surface area contributed by atoms with Gasteiger partial charge in [0.1, 0.15) is 12.4 Å². The number of benzene rings is 2. The molecule has 0 aliphatic carbocycles. The second-order valence-corrected chi connectivity index (χ2v) is 4.36. The highest BCUT2D eigenvalue weighted by atomic mass is 16.5. The molecule has 0 atom stereocenters. The van der Waals surface area contributed by atoms with E-state index in [0.717, 1.165) is 16.9 Å². The molecular formula is C16H18O2. The summed E-state index contributed by atoms with van der Waals surface area (Å²) < 4.78 is 5.82. The Kier molecular flexibility index (Phi) is 4.37. The molecule has 0 unspecified atom stereocenters. The van der Waals surface area contributed by atoms with Crippen LogP contribution < -0.4 is 4.74 Å². The summed E-state index contributed by atoms with van der Waals surface area (Å²) in [6.45, 7) is 2.78. The van der Waals surface area contributed by atoms with Crippen LogP contribution in [0.25, 0.3) is 0 Å². The average molecular weight is 242 g/mol. The zero-order chi connectivity index (χ0) is 12.8. The maximum atomic E-state index is 9.01. The van der Waals surface area contributed by atoms with Crippen molar-refractivity contribution in [1.29, 1.82) is 0 Å². The van der Waals surface area contributed by atoms with Gasteiger partial charge >= 0.3 is 0 Å². The molecule has 0 radical (unpaired) electrons. The van der Waals surface area contributed by atoms with Crippen molar-refractivity contribution in [3.8, 4) is 5.75 Å². The van der Waals surface area contributed by atoms with Crippen LogP contribution in [0.3, 0.4) is 0 Å². The molecule has 18 heavy (non-hydrogen) atoms. The maximum absolute atomic E-state index is 9.01. The summed E-state index contributed by atoms with van der Waals surface area (Å²) in [6.07, 6.45) is 0.629. The van der Waals surface area contributed by atoms with Crippen molar-refractivity contribution in [1.82, 2.24) is 0 Å². The molecule has 0 heterocycles. The molecule has 94 valence electrons. The van der Waals surface area contributed by atoms with Crippen LogP contribution in [-0.4, -0.2) is 11.7 Å². The molecule has 0 amide bonds. The number of hydrogen-bond donors (Lipinski definition) is 1. The summed E-state index contributed by atoms with van der Waals surface area (Å²) in [7, 11) is 0. The summed E-state index contributed by atoms with van der Waals surface area (Å²) in [4.78, 5) is 0. The molecule has 0 spiro atoms. The molecule has 0 saturated carbocycles. The van der Waals surface area contributed by atoms with Gasteiger partial charge in [-0.3, -0.25) is 0 Å². The molecule has 2 aromatic carbocycles. The molecule has 0 aromatic heterocycles. The predicted molar refractivity (Wildman–Crippen MR) is 72.7 cm³/mol. The van der Waals surface area contributed by atoms with Crippen molar-refractivity contribution in [3.63, 3.8) is 0 Å². The Labute approximate surface area is 108 Å². The number of aryl methyl sites for hydroxylation is 1. The van der Waals surface area contributed by atoms with Gasteiger partial charge in [-0.2, -0.15) is 0 Å². The second-order valence-electron chi connectivity index (χ2n) is 4.36. The van der Waals surface area contributed by atoms with E-state index in [1.165, 1.54) is 5.56 Å². The zero-order valence-corrected chi connectivity index (χ0v) is 10.6. The minimum Gasteiger partial charge on any atom is -0.489 e. The molecular weight excluding hydrogens is 224 g/mol. The Morgan fingerprint density at radius 1 is 1.06 bits per heavy atom. The van der Waals surface area contributed by atoms with E-state index < -0.39 is 0 Å². The van der Waals surface area contributed by atoms with E-state index in [1.54, 1.807) is 0 Å². The Morgan fingerprint density at radius 3 is 2.67 bits per heavy atom. The van der Waals surface area contributed by atoms with E-state index in [0.29, 0.717) is 13.0 Å².